The summed E-state index contributed by atoms with van der Waals surface area (Å²) in [6.07, 6.45) is 1.44. The molecule has 3 heteroatoms. The molecule has 0 bridgehead atoms. The Bertz CT molecular complexity index is 392. The van der Waals surface area contributed by atoms with Crippen molar-refractivity contribution in [3.8, 4) is 5.75 Å². The van der Waals surface area contributed by atoms with E-state index in [2.05, 4.69) is 9.97 Å². The second kappa shape index (κ2) is 1.99. The minimum atomic E-state index is 0.194. The number of hydrogen-bond donors (Lipinski definition) is 2. The van der Waals surface area contributed by atoms with Gasteiger partial charge < -0.3 is 10.1 Å². The minimum Gasteiger partial charge on any atom is -0.506 e. The number of rotatable bonds is 0. The molecule has 0 amide bonds. The number of pyridine rings is 1. The number of H-pyrrole nitrogens is 1. The summed E-state index contributed by atoms with van der Waals surface area (Å²) in [5, 5.41) is 9.06. The summed E-state index contributed by atoms with van der Waals surface area (Å²) in [4.78, 5) is 7.10. The van der Waals surface area contributed by atoms with Crippen LogP contribution in [0.1, 0.15) is 5.69 Å². The number of aromatic amines is 1. The first-order valence-corrected chi connectivity index (χ1v) is 3.40. The third-order valence-electron chi connectivity index (χ3n) is 1.59. The van der Waals surface area contributed by atoms with Crippen molar-refractivity contribution in [3.63, 3.8) is 0 Å². The molecule has 0 saturated heterocycles. The second-order valence-electron chi connectivity index (χ2n) is 2.58. The summed E-state index contributed by atoms with van der Waals surface area (Å²) in [5.41, 5.74) is 2.82. The number of nitrogens with one attached hydrogen (secondary N) is 1. The van der Waals surface area contributed by atoms with Crippen LogP contribution in [0.4, 0.5) is 0 Å². The number of hydrogen-bond acceptors (Lipinski definition) is 2. The Morgan fingerprint density at radius 2 is 2.27 bits per heavy atom. The summed E-state index contributed by atoms with van der Waals surface area (Å²) < 4.78 is 0. The smallest absolute Gasteiger partial charge is 0.135 e. The predicted octanol–water partition coefficient (Wildman–Crippen LogP) is 1.58. The number of aromatic nitrogens is 2. The van der Waals surface area contributed by atoms with Crippen LogP contribution < -0.4 is 0 Å². The average Bonchev–Trinajstić information content (AvgIpc) is 2.27. The van der Waals surface area contributed by atoms with E-state index in [1.54, 1.807) is 6.07 Å². The van der Waals surface area contributed by atoms with Crippen molar-refractivity contribution in [2.75, 3.05) is 0 Å². The molecule has 0 fully saturated rings. The Hall–Kier alpha value is -1.51. The van der Waals surface area contributed by atoms with Crippen LogP contribution >= 0.6 is 0 Å². The van der Waals surface area contributed by atoms with Gasteiger partial charge in [0.2, 0.25) is 0 Å². The molecule has 0 spiro atoms. The standard InChI is InChI=1S/C8H8N2O/c1-5-2-7-8(10-5)3-6(11)4-9-7/h2-4,10-11H,1H3. The Labute approximate surface area is 63.7 Å². The molecule has 2 aromatic rings. The molecular weight excluding hydrogens is 140 g/mol. The van der Waals surface area contributed by atoms with Crippen LogP contribution in [0.25, 0.3) is 11.0 Å². The molecule has 2 aromatic heterocycles. The van der Waals surface area contributed by atoms with E-state index < -0.39 is 0 Å². The van der Waals surface area contributed by atoms with Gasteiger partial charge in [0.25, 0.3) is 0 Å². The van der Waals surface area contributed by atoms with Crippen LogP contribution in [0.3, 0.4) is 0 Å². The Kier molecular flexibility index (Phi) is 1.12. The Balaban J connectivity index is 2.82. The molecule has 0 atom stereocenters. The fourth-order valence-electron chi connectivity index (χ4n) is 1.13. The Morgan fingerprint density at radius 1 is 1.45 bits per heavy atom. The van der Waals surface area contributed by atoms with Gasteiger partial charge in [0.15, 0.2) is 0 Å². The summed E-state index contributed by atoms with van der Waals surface area (Å²) in [7, 11) is 0. The van der Waals surface area contributed by atoms with Gasteiger partial charge in [0.05, 0.1) is 17.2 Å². The van der Waals surface area contributed by atoms with E-state index in [1.165, 1.54) is 6.20 Å². The summed E-state index contributed by atoms with van der Waals surface area (Å²) in [6.45, 7) is 1.96. The van der Waals surface area contributed by atoms with Crippen molar-refractivity contribution < 1.29 is 5.11 Å². The normalized spacial score (nSPS) is 10.6. The third-order valence-corrected chi connectivity index (χ3v) is 1.59. The predicted molar refractivity (Wildman–Crippen MR) is 42.5 cm³/mol. The van der Waals surface area contributed by atoms with Crippen LogP contribution in [0.15, 0.2) is 18.3 Å². The van der Waals surface area contributed by atoms with Gasteiger partial charge in [-0.05, 0) is 13.0 Å². The molecule has 0 saturated carbocycles. The van der Waals surface area contributed by atoms with E-state index >= 15 is 0 Å². The van der Waals surface area contributed by atoms with Gasteiger partial charge in [-0.1, -0.05) is 0 Å². The van der Waals surface area contributed by atoms with Crippen molar-refractivity contribution in [2.45, 2.75) is 6.92 Å². The lowest BCUT2D eigenvalue weighted by Gasteiger charge is -1.89. The molecule has 3 nitrogen and oxygen atoms in total. The van der Waals surface area contributed by atoms with Gasteiger partial charge in [-0.3, -0.25) is 4.98 Å². The molecule has 2 N–H and O–H groups in total. The molecule has 0 radical (unpaired) electrons. The third kappa shape index (κ3) is 0.941. The maximum absolute atomic E-state index is 9.06. The molecule has 2 rings (SSSR count). The summed E-state index contributed by atoms with van der Waals surface area (Å²) >= 11 is 0. The fourth-order valence-corrected chi connectivity index (χ4v) is 1.13. The second-order valence-corrected chi connectivity index (χ2v) is 2.58. The van der Waals surface area contributed by atoms with E-state index in [0.29, 0.717) is 0 Å². The van der Waals surface area contributed by atoms with Gasteiger partial charge in [-0.15, -0.1) is 0 Å². The van der Waals surface area contributed by atoms with Crippen LogP contribution in [-0.4, -0.2) is 15.1 Å². The highest BCUT2D eigenvalue weighted by atomic mass is 16.3. The fraction of sp³-hybridized carbons (Fsp3) is 0.125. The average molecular weight is 148 g/mol. The van der Waals surface area contributed by atoms with Crippen molar-refractivity contribution in [3.05, 3.63) is 24.0 Å². The number of fused-ring (bicyclic) bond motifs is 1. The highest BCUT2D eigenvalue weighted by Crippen LogP contribution is 2.16. The molecule has 0 unspecified atom stereocenters. The zero-order valence-electron chi connectivity index (χ0n) is 6.13. The van der Waals surface area contributed by atoms with Crippen molar-refractivity contribution in [1.82, 2.24) is 9.97 Å². The number of aryl methyl sites for hydroxylation is 1. The van der Waals surface area contributed by atoms with Crippen LogP contribution in [-0.2, 0) is 0 Å². The van der Waals surface area contributed by atoms with E-state index in [9.17, 15) is 0 Å². The first-order chi connectivity index (χ1) is 5.25. The quantitative estimate of drug-likeness (QED) is 0.595. The van der Waals surface area contributed by atoms with Gasteiger partial charge in [0.1, 0.15) is 5.75 Å². The van der Waals surface area contributed by atoms with Crippen LogP contribution in [0.2, 0.25) is 0 Å². The van der Waals surface area contributed by atoms with E-state index in [-0.39, 0.29) is 5.75 Å². The first-order valence-electron chi connectivity index (χ1n) is 3.40. The zero-order valence-corrected chi connectivity index (χ0v) is 6.13. The molecule has 56 valence electrons. The monoisotopic (exact) mass is 148 g/mol. The largest absolute Gasteiger partial charge is 0.506 e. The summed E-state index contributed by atoms with van der Waals surface area (Å²) in [5.74, 6) is 0.194. The van der Waals surface area contributed by atoms with Crippen molar-refractivity contribution in [1.29, 1.82) is 0 Å². The highest BCUT2D eigenvalue weighted by Gasteiger charge is 1.98. The maximum Gasteiger partial charge on any atom is 0.135 e. The molecule has 0 aliphatic carbocycles. The summed E-state index contributed by atoms with van der Waals surface area (Å²) in [6, 6.07) is 3.60. The van der Waals surface area contributed by atoms with E-state index in [0.717, 1.165) is 16.7 Å². The molecule has 0 aromatic carbocycles. The molecule has 0 aliphatic rings. The molecular formula is C8H8N2O. The lowest BCUT2D eigenvalue weighted by molar-refractivity contribution is 0.474. The van der Waals surface area contributed by atoms with Gasteiger partial charge in [-0.2, -0.15) is 0 Å². The van der Waals surface area contributed by atoms with Gasteiger partial charge >= 0.3 is 0 Å². The topological polar surface area (TPSA) is 48.9 Å². The lowest BCUT2D eigenvalue weighted by Crippen LogP contribution is -1.72. The highest BCUT2D eigenvalue weighted by molar-refractivity contribution is 5.76. The van der Waals surface area contributed by atoms with Gasteiger partial charge in [-0.25, -0.2) is 0 Å². The SMILES string of the molecule is Cc1cc2ncc(O)cc2[nH]1. The molecule has 2 heterocycles. The number of aromatic hydroxyl groups is 1. The molecule has 11 heavy (non-hydrogen) atoms. The molecule has 0 aliphatic heterocycles. The first kappa shape index (κ1) is 6.22. The number of nitrogens with zero attached hydrogens (tertiary/aromatic N) is 1. The van der Waals surface area contributed by atoms with Gasteiger partial charge in [0, 0.05) is 11.8 Å². The van der Waals surface area contributed by atoms with Crippen LogP contribution in [0.5, 0.6) is 5.75 Å². The van der Waals surface area contributed by atoms with E-state index in [1.807, 2.05) is 13.0 Å². The maximum atomic E-state index is 9.06. The van der Waals surface area contributed by atoms with Crippen LogP contribution in [0, 0.1) is 6.92 Å². The van der Waals surface area contributed by atoms with E-state index in [4.69, 9.17) is 5.11 Å². The minimum absolute atomic E-state index is 0.194. The van der Waals surface area contributed by atoms with Crippen molar-refractivity contribution in [2.24, 2.45) is 0 Å². The lowest BCUT2D eigenvalue weighted by atomic mass is 10.4. The zero-order chi connectivity index (χ0) is 7.84. The van der Waals surface area contributed by atoms with Crippen molar-refractivity contribution >= 4 is 11.0 Å². The Morgan fingerprint density at radius 3 is 3.09 bits per heavy atom.